The van der Waals surface area contributed by atoms with Gasteiger partial charge in [0.15, 0.2) is 0 Å². The highest BCUT2D eigenvalue weighted by Gasteiger charge is 2.14. The molecule has 7 nitrogen and oxygen atoms in total. The van der Waals surface area contributed by atoms with Crippen LogP contribution >= 0.6 is 23.1 Å². The van der Waals surface area contributed by atoms with Crippen LogP contribution in [0.15, 0.2) is 82.5 Å². The maximum atomic E-state index is 12.9. The molecule has 0 radical (unpaired) electrons. The standard InChI is InChI=1S/C23H17N5O2S2/c1-31-17-9-5-8-16(13-17)24-20(29)14-10-11-18-19(12-14)26-23-28(21(18)30)27-22(32-23)25-15-6-3-2-4-7-15/h2-13H,1H3,(H,24,29)(H,25,27). The first kappa shape index (κ1) is 20.2. The van der Waals surface area contributed by atoms with Gasteiger partial charge in [-0.05, 0) is 54.8 Å². The molecule has 32 heavy (non-hydrogen) atoms. The fraction of sp³-hybridized carbons (Fsp3) is 0.0435. The van der Waals surface area contributed by atoms with Gasteiger partial charge in [0.25, 0.3) is 11.5 Å². The minimum absolute atomic E-state index is 0.261. The van der Waals surface area contributed by atoms with E-state index in [2.05, 4.69) is 20.7 Å². The number of carbonyl (C=O) groups is 1. The van der Waals surface area contributed by atoms with Crippen molar-refractivity contribution < 1.29 is 4.79 Å². The van der Waals surface area contributed by atoms with Gasteiger partial charge in [-0.3, -0.25) is 9.59 Å². The zero-order valence-electron chi connectivity index (χ0n) is 16.9. The van der Waals surface area contributed by atoms with Gasteiger partial charge in [0, 0.05) is 21.8 Å². The Morgan fingerprint density at radius 2 is 1.81 bits per heavy atom. The molecule has 0 aliphatic carbocycles. The molecule has 158 valence electrons. The summed E-state index contributed by atoms with van der Waals surface area (Å²) in [6, 6.07) is 22.1. The molecule has 0 atom stereocenters. The SMILES string of the molecule is CSc1cccc(NC(=O)c2ccc3c(=O)n4nc(Nc5ccccc5)sc4nc3c2)c1. The van der Waals surface area contributed by atoms with Crippen molar-refractivity contribution in [1.82, 2.24) is 14.6 Å². The van der Waals surface area contributed by atoms with E-state index in [1.54, 1.807) is 30.0 Å². The van der Waals surface area contributed by atoms with E-state index in [1.807, 2.05) is 60.9 Å². The number of fused-ring (bicyclic) bond motifs is 2. The predicted octanol–water partition coefficient (Wildman–Crippen LogP) is 5.02. The largest absolute Gasteiger partial charge is 0.330 e. The van der Waals surface area contributed by atoms with Crippen molar-refractivity contribution in [3.8, 4) is 0 Å². The third-order valence-corrected chi connectivity index (χ3v) is 6.36. The highest BCUT2D eigenvalue weighted by Crippen LogP contribution is 2.24. The lowest BCUT2D eigenvalue weighted by Crippen LogP contribution is -2.16. The highest BCUT2D eigenvalue weighted by molar-refractivity contribution is 7.98. The number of benzene rings is 3. The molecular formula is C23H17N5O2S2. The summed E-state index contributed by atoms with van der Waals surface area (Å²) in [5.41, 5.74) is 2.19. The molecule has 0 saturated heterocycles. The van der Waals surface area contributed by atoms with E-state index in [4.69, 9.17) is 0 Å². The minimum Gasteiger partial charge on any atom is -0.330 e. The Labute approximate surface area is 191 Å². The molecule has 9 heteroatoms. The molecule has 0 fully saturated rings. The van der Waals surface area contributed by atoms with E-state index in [9.17, 15) is 9.59 Å². The average molecular weight is 460 g/mol. The molecule has 0 unspecified atom stereocenters. The molecule has 0 saturated carbocycles. The van der Waals surface area contributed by atoms with E-state index in [-0.39, 0.29) is 11.5 Å². The Bertz CT molecular complexity index is 1510. The third-order valence-electron chi connectivity index (χ3n) is 4.81. The molecule has 0 aliphatic rings. The Morgan fingerprint density at radius 1 is 1.00 bits per heavy atom. The number of nitrogens with zero attached hydrogens (tertiary/aromatic N) is 3. The second-order valence-electron chi connectivity index (χ2n) is 6.93. The van der Waals surface area contributed by atoms with Gasteiger partial charge in [-0.15, -0.1) is 16.9 Å². The number of para-hydroxylation sites is 1. The smallest absolute Gasteiger partial charge is 0.283 e. The molecule has 2 heterocycles. The molecule has 0 aliphatic heterocycles. The lowest BCUT2D eigenvalue weighted by Gasteiger charge is -2.07. The summed E-state index contributed by atoms with van der Waals surface area (Å²) < 4.78 is 1.28. The lowest BCUT2D eigenvalue weighted by molar-refractivity contribution is 0.102. The van der Waals surface area contributed by atoms with Crippen molar-refractivity contribution >= 4 is 61.4 Å². The van der Waals surface area contributed by atoms with Crippen LogP contribution in [-0.2, 0) is 0 Å². The predicted molar refractivity (Wildman–Crippen MR) is 131 cm³/mol. The number of nitrogens with one attached hydrogen (secondary N) is 2. The summed E-state index contributed by atoms with van der Waals surface area (Å²) in [5, 5.41) is 11.4. The number of thioether (sulfide) groups is 1. The Balaban J connectivity index is 1.48. The van der Waals surface area contributed by atoms with Crippen LogP contribution in [0.1, 0.15) is 10.4 Å². The van der Waals surface area contributed by atoms with E-state index in [0.29, 0.717) is 32.2 Å². The summed E-state index contributed by atoms with van der Waals surface area (Å²) in [5.74, 6) is -0.261. The van der Waals surface area contributed by atoms with Gasteiger partial charge in [-0.2, -0.15) is 4.52 Å². The number of aromatic nitrogens is 3. The van der Waals surface area contributed by atoms with E-state index >= 15 is 0 Å². The van der Waals surface area contributed by atoms with Crippen LogP contribution in [0.4, 0.5) is 16.5 Å². The van der Waals surface area contributed by atoms with Gasteiger partial charge in [-0.1, -0.05) is 35.6 Å². The summed E-state index contributed by atoms with van der Waals surface area (Å²) in [7, 11) is 0. The van der Waals surface area contributed by atoms with Crippen LogP contribution in [-0.4, -0.2) is 26.8 Å². The van der Waals surface area contributed by atoms with Crippen LogP contribution in [0.3, 0.4) is 0 Å². The fourth-order valence-corrected chi connectivity index (χ4v) is 4.53. The lowest BCUT2D eigenvalue weighted by atomic mass is 10.1. The molecule has 0 bridgehead atoms. The van der Waals surface area contributed by atoms with Crippen LogP contribution < -0.4 is 16.2 Å². The molecule has 5 rings (SSSR count). The van der Waals surface area contributed by atoms with Gasteiger partial charge < -0.3 is 10.6 Å². The summed E-state index contributed by atoms with van der Waals surface area (Å²) in [4.78, 5) is 31.8. The van der Waals surface area contributed by atoms with Crippen LogP contribution in [0.25, 0.3) is 15.9 Å². The maximum Gasteiger partial charge on any atom is 0.283 e. The molecule has 2 aromatic heterocycles. The number of carbonyl (C=O) groups excluding carboxylic acids is 1. The topological polar surface area (TPSA) is 88.4 Å². The normalized spacial score (nSPS) is 11.0. The van der Waals surface area contributed by atoms with Gasteiger partial charge >= 0.3 is 0 Å². The Kier molecular flexibility index (Phi) is 5.34. The van der Waals surface area contributed by atoms with Gasteiger partial charge in [0.2, 0.25) is 10.1 Å². The summed E-state index contributed by atoms with van der Waals surface area (Å²) in [6.07, 6.45) is 1.98. The second-order valence-corrected chi connectivity index (χ2v) is 8.76. The van der Waals surface area contributed by atoms with Crippen molar-refractivity contribution in [3.05, 3.63) is 88.7 Å². The van der Waals surface area contributed by atoms with Crippen molar-refractivity contribution in [3.63, 3.8) is 0 Å². The molecule has 3 aromatic carbocycles. The minimum atomic E-state index is -0.276. The molecule has 0 spiro atoms. The van der Waals surface area contributed by atoms with Crippen LogP contribution in [0, 0.1) is 0 Å². The molecular weight excluding hydrogens is 442 g/mol. The number of amides is 1. The van der Waals surface area contributed by atoms with Crippen molar-refractivity contribution in [1.29, 1.82) is 0 Å². The van der Waals surface area contributed by atoms with Crippen molar-refractivity contribution in [2.24, 2.45) is 0 Å². The molecule has 1 amide bonds. The van der Waals surface area contributed by atoms with Crippen molar-refractivity contribution in [2.75, 3.05) is 16.9 Å². The number of rotatable bonds is 5. The van der Waals surface area contributed by atoms with E-state index in [0.717, 1.165) is 10.6 Å². The van der Waals surface area contributed by atoms with E-state index in [1.165, 1.54) is 15.9 Å². The second kappa shape index (κ2) is 8.45. The van der Waals surface area contributed by atoms with Crippen molar-refractivity contribution in [2.45, 2.75) is 4.90 Å². The Hall–Kier alpha value is -3.69. The number of anilines is 3. The quantitative estimate of drug-likeness (QED) is 0.359. The zero-order valence-corrected chi connectivity index (χ0v) is 18.5. The Morgan fingerprint density at radius 3 is 2.62 bits per heavy atom. The third kappa shape index (κ3) is 3.95. The number of hydrogen-bond acceptors (Lipinski definition) is 7. The molecule has 5 aromatic rings. The average Bonchev–Trinajstić information content (AvgIpc) is 3.22. The first-order valence-electron chi connectivity index (χ1n) is 9.72. The van der Waals surface area contributed by atoms with Crippen LogP contribution in [0.5, 0.6) is 0 Å². The summed E-state index contributed by atoms with van der Waals surface area (Å²) >= 11 is 2.87. The zero-order chi connectivity index (χ0) is 22.1. The van der Waals surface area contributed by atoms with Crippen LogP contribution in [0.2, 0.25) is 0 Å². The first-order valence-corrected chi connectivity index (χ1v) is 11.8. The highest BCUT2D eigenvalue weighted by atomic mass is 32.2. The number of hydrogen-bond donors (Lipinski definition) is 2. The van der Waals surface area contributed by atoms with Gasteiger partial charge in [0.1, 0.15) is 0 Å². The summed E-state index contributed by atoms with van der Waals surface area (Å²) in [6.45, 7) is 0. The fourth-order valence-electron chi connectivity index (χ4n) is 3.25. The van der Waals surface area contributed by atoms with Gasteiger partial charge in [0.05, 0.1) is 10.9 Å². The monoisotopic (exact) mass is 459 g/mol. The maximum absolute atomic E-state index is 12.9. The van der Waals surface area contributed by atoms with Gasteiger partial charge in [-0.25, -0.2) is 4.98 Å². The van der Waals surface area contributed by atoms with E-state index < -0.39 is 0 Å². The first-order chi connectivity index (χ1) is 15.6. The molecule has 2 N–H and O–H groups in total.